The van der Waals surface area contributed by atoms with Crippen molar-refractivity contribution >= 4 is 5.69 Å². The van der Waals surface area contributed by atoms with Gasteiger partial charge in [0.05, 0.1) is 17.2 Å². The highest BCUT2D eigenvalue weighted by molar-refractivity contribution is 5.53. The third-order valence-electron chi connectivity index (χ3n) is 2.42. The van der Waals surface area contributed by atoms with Crippen LogP contribution in [0.1, 0.15) is 24.5 Å². The van der Waals surface area contributed by atoms with Crippen molar-refractivity contribution in [3.63, 3.8) is 0 Å². The van der Waals surface area contributed by atoms with Crippen LogP contribution >= 0.6 is 0 Å². The molecule has 2 N–H and O–H groups in total. The minimum Gasteiger partial charge on any atom is -0.396 e. The summed E-state index contributed by atoms with van der Waals surface area (Å²) in [4.78, 5) is 0. The lowest BCUT2D eigenvalue weighted by Crippen LogP contribution is -2.17. The molecule has 0 amide bonds. The van der Waals surface area contributed by atoms with Gasteiger partial charge in [-0.15, -0.1) is 0 Å². The van der Waals surface area contributed by atoms with Gasteiger partial charge in [0.1, 0.15) is 0 Å². The Kier molecular flexibility index (Phi) is 4.56. The molecule has 0 heterocycles. The number of nitriles is 1. The summed E-state index contributed by atoms with van der Waals surface area (Å²) in [5.41, 5.74) is -1.07. The van der Waals surface area contributed by atoms with Crippen LogP contribution in [0.25, 0.3) is 0 Å². The molecule has 0 saturated carbocycles. The molecule has 3 nitrogen and oxygen atoms in total. The molecule has 0 saturated heterocycles. The molecule has 0 fully saturated rings. The molecule has 6 heteroatoms. The molecule has 98 valence electrons. The van der Waals surface area contributed by atoms with Crippen molar-refractivity contribution in [2.45, 2.75) is 25.6 Å². The fraction of sp³-hybridized carbons (Fsp3) is 0.417. The number of alkyl halides is 3. The molecule has 0 aromatic heterocycles. The minimum atomic E-state index is -4.55. The standard InChI is InChI=1S/C12H13F3N2O/c1-8(4-5-18)17-10-3-2-9(7-16)11(6-10)12(13,14)15/h2-3,6,8,17-18H,4-5H2,1H3. The van der Waals surface area contributed by atoms with E-state index in [9.17, 15) is 13.2 Å². The molecular weight excluding hydrogens is 245 g/mol. The highest BCUT2D eigenvalue weighted by Gasteiger charge is 2.33. The van der Waals surface area contributed by atoms with Crippen molar-refractivity contribution in [3.8, 4) is 6.07 Å². The molecule has 18 heavy (non-hydrogen) atoms. The molecule has 0 spiro atoms. The Hall–Kier alpha value is -1.74. The molecule has 1 rings (SSSR count). The minimum absolute atomic E-state index is 0.0451. The number of anilines is 1. The first-order valence-corrected chi connectivity index (χ1v) is 5.37. The maximum atomic E-state index is 12.7. The number of benzene rings is 1. The van der Waals surface area contributed by atoms with E-state index in [2.05, 4.69) is 5.32 Å². The van der Waals surface area contributed by atoms with Crippen LogP contribution in [-0.4, -0.2) is 17.8 Å². The number of nitrogens with zero attached hydrogens (tertiary/aromatic N) is 1. The van der Waals surface area contributed by atoms with Crippen molar-refractivity contribution in [2.75, 3.05) is 11.9 Å². The van der Waals surface area contributed by atoms with Crippen LogP contribution in [0.4, 0.5) is 18.9 Å². The molecule has 1 unspecified atom stereocenters. The van der Waals surface area contributed by atoms with Gasteiger partial charge in [-0.05, 0) is 31.5 Å². The number of hydrogen-bond donors (Lipinski definition) is 2. The van der Waals surface area contributed by atoms with Crippen molar-refractivity contribution < 1.29 is 18.3 Å². The van der Waals surface area contributed by atoms with Crippen molar-refractivity contribution in [2.24, 2.45) is 0 Å². The van der Waals surface area contributed by atoms with E-state index in [0.29, 0.717) is 6.42 Å². The van der Waals surface area contributed by atoms with Gasteiger partial charge in [-0.25, -0.2) is 0 Å². The summed E-state index contributed by atoms with van der Waals surface area (Å²) in [5.74, 6) is 0. The number of rotatable bonds is 4. The number of hydrogen-bond acceptors (Lipinski definition) is 3. The summed E-state index contributed by atoms with van der Waals surface area (Å²) in [6.45, 7) is 1.71. The smallest absolute Gasteiger partial charge is 0.396 e. The Labute approximate surface area is 103 Å². The van der Waals surface area contributed by atoms with Crippen LogP contribution in [0.3, 0.4) is 0 Å². The van der Waals surface area contributed by atoms with E-state index in [1.54, 1.807) is 6.92 Å². The molecule has 1 aromatic carbocycles. The van der Waals surface area contributed by atoms with Crippen LogP contribution in [0.2, 0.25) is 0 Å². The Morgan fingerprint density at radius 1 is 1.44 bits per heavy atom. The van der Waals surface area contributed by atoms with Gasteiger partial charge in [-0.3, -0.25) is 0 Å². The predicted octanol–water partition coefficient (Wildman–Crippen LogP) is 2.76. The lowest BCUT2D eigenvalue weighted by atomic mass is 10.1. The topological polar surface area (TPSA) is 56.0 Å². The monoisotopic (exact) mass is 258 g/mol. The number of aliphatic hydroxyl groups is 1. The van der Waals surface area contributed by atoms with Crippen molar-refractivity contribution in [1.82, 2.24) is 0 Å². The average molecular weight is 258 g/mol. The first-order chi connectivity index (χ1) is 8.38. The highest BCUT2D eigenvalue weighted by Crippen LogP contribution is 2.33. The van der Waals surface area contributed by atoms with E-state index in [4.69, 9.17) is 10.4 Å². The third kappa shape index (κ3) is 3.64. The Balaban J connectivity index is 3.01. The number of aliphatic hydroxyl groups excluding tert-OH is 1. The molecule has 1 atom stereocenters. The molecule has 0 aliphatic heterocycles. The fourth-order valence-electron chi connectivity index (χ4n) is 1.52. The van der Waals surface area contributed by atoms with Gasteiger partial charge in [-0.1, -0.05) is 0 Å². The van der Waals surface area contributed by atoms with Crippen LogP contribution in [0, 0.1) is 11.3 Å². The normalized spacial score (nSPS) is 12.9. The van der Waals surface area contributed by atoms with Crippen molar-refractivity contribution in [1.29, 1.82) is 5.26 Å². The number of halogens is 3. The number of nitrogens with one attached hydrogen (secondary N) is 1. The lowest BCUT2D eigenvalue weighted by molar-refractivity contribution is -0.137. The van der Waals surface area contributed by atoms with Gasteiger partial charge in [0.15, 0.2) is 0 Å². The van der Waals surface area contributed by atoms with Gasteiger partial charge in [0.25, 0.3) is 0 Å². The second-order valence-corrected chi connectivity index (χ2v) is 3.93. The summed E-state index contributed by atoms with van der Waals surface area (Å²) >= 11 is 0. The van der Waals surface area contributed by atoms with E-state index in [1.807, 2.05) is 0 Å². The highest BCUT2D eigenvalue weighted by atomic mass is 19.4. The van der Waals surface area contributed by atoms with Gasteiger partial charge in [-0.2, -0.15) is 18.4 Å². The average Bonchev–Trinajstić information content (AvgIpc) is 2.28. The van der Waals surface area contributed by atoms with E-state index in [1.165, 1.54) is 12.1 Å². The second kappa shape index (κ2) is 5.74. The van der Waals surface area contributed by atoms with Crippen molar-refractivity contribution in [3.05, 3.63) is 29.3 Å². The molecule has 0 radical (unpaired) electrons. The first kappa shape index (κ1) is 14.3. The molecule has 1 aromatic rings. The summed E-state index contributed by atoms with van der Waals surface area (Å²) in [6.07, 6.45) is -4.12. The Bertz CT molecular complexity index is 452. The van der Waals surface area contributed by atoms with E-state index < -0.39 is 17.3 Å². The van der Waals surface area contributed by atoms with Crippen LogP contribution in [0.15, 0.2) is 18.2 Å². The third-order valence-corrected chi connectivity index (χ3v) is 2.42. The van der Waals surface area contributed by atoms with E-state index in [-0.39, 0.29) is 18.3 Å². The maximum absolute atomic E-state index is 12.7. The predicted molar refractivity (Wildman–Crippen MR) is 60.9 cm³/mol. The van der Waals surface area contributed by atoms with Crippen LogP contribution in [-0.2, 0) is 6.18 Å². The first-order valence-electron chi connectivity index (χ1n) is 5.37. The summed E-state index contributed by atoms with van der Waals surface area (Å²) < 4.78 is 38.0. The zero-order valence-electron chi connectivity index (χ0n) is 9.75. The SMILES string of the molecule is CC(CCO)Nc1ccc(C#N)c(C(F)(F)F)c1. The Morgan fingerprint density at radius 2 is 2.11 bits per heavy atom. The zero-order valence-corrected chi connectivity index (χ0v) is 9.75. The van der Waals surface area contributed by atoms with Crippen LogP contribution in [0.5, 0.6) is 0 Å². The van der Waals surface area contributed by atoms with Crippen LogP contribution < -0.4 is 5.32 Å². The summed E-state index contributed by atoms with van der Waals surface area (Å²) in [6, 6.07) is 4.83. The summed E-state index contributed by atoms with van der Waals surface area (Å²) in [5, 5.41) is 20.2. The molecule has 0 aliphatic carbocycles. The zero-order chi connectivity index (χ0) is 13.8. The van der Waals surface area contributed by atoms with Gasteiger partial charge in [0, 0.05) is 18.3 Å². The Morgan fingerprint density at radius 3 is 2.61 bits per heavy atom. The molecular formula is C12H13F3N2O. The van der Waals surface area contributed by atoms with E-state index >= 15 is 0 Å². The van der Waals surface area contributed by atoms with Gasteiger partial charge in [0.2, 0.25) is 0 Å². The maximum Gasteiger partial charge on any atom is 0.417 e. The molecule has 0 bridgehead atoms. The second-order valence-electron chi connectivity index (χ2n) is 3.93. The van der Waals surface area contributed by atoms with Gasteiger partial charge < -0.3 is 10.4 Å². The molecule has 0 aliphatic rings. The van der Waals surface area contributed by atoms with E-state index in [0.717, 1.165) is 12.1 Å². The largest absolute Gasteiger partial charge is 0.417 e. The fourth-order valence-corrected chi connectivity index (χ4v) is 1.52. The quantitative estimate of drug-likeness (QED) is 0.873. The summed E-state index contributed by atoms with van der Waals surface area (Å²) in [7, 11) is 0. The lowest BCUT2D eigenvalue weighted by Gasteiger charge is -2.16. The van der Waals surface area contributed by atoms with Gasteiger partial charge >= 0.3 is 6.18 Å².